The summed E-state index contributed by atoms with van der Waals surface area (Å²) in [6.45, 7) is 9.91. The number of carbonyl (C=O) groups is 1. The lowest BCUT2D eigenvalue weighted by molar-refractivity contribution is 0.156. The normalized spacial score (nSPS) is 15.5. The SMILES string of the molecule is CCN(CC)[C@@H](NC(=O)N[C@H](N(CC)CC)C(Cl)(Cl)Cl)C(Cl)(Cl)Cl. The van der Waals surface area contributed by atoms with Crippen molar-refractivity contribution in [1.82, 2.24) is 20.4 Å². The van der Waals surface area contributed by atoms with Crippen LogP contribution in [0.15, 0.2) is 0 Å². The summed E-state index contributed by atoms with van der Waals surface area (Å²) in [4.78, 5) is 16.0. The van der Waals surface area contributed by atoms with Crippen LogP contribution in [0.25, 0.3) is 0 Å². The summed E-state index contributed by atoms with van der Waals surface area (Å²) >= 11 is 36.0. The molecule has 0 fully saturated rings. The summed E-state index contributed by atoms with van der Waals surface area (Å²) < 4.78 is -3.43. The zero-order chi connectivity index (χ0) is 19.1. The first kappa shape index (κ1) is 24.9. The van der Waals surface area contributed by atoms with Gasteiger partial charge in [0.05, 0.1) is 0 Å². The lowest BCUT2D eigenvalue weighted by Crippen LogP contribution is -2.62. The molecule has 0 aliphatic heterocycles. The number of nitrogens with one attached hydrogen (secondary N) is 2. The monoisotopic (exact) mass is 462 g/mol. The summed E-state index contributed by atoms with van der Waals surface area (Å²) in [7, 11) is 0. The number of urea groups is 1. The molecule has 144 valence electrons. The van der Waals surface area contributed by atoms with Gasteiger partial charge in [0, 0.05) is 0 Å². The minimum absolute atomic E-state index is 0.583. The van der Waals surface area contributed by atoms with E-state index >= 15 is 0 Å². The summed E-state index contributed by atoms with van der Waals surface area (Å²) in [5.74, 6) is 0. The number of carbonyl (C=O) groups excluding carboxylic acids is 1. The Bertz CT molecular complexity index is 346. The van der Waals surface area contributed by atoms with Crippen molar-refractivity contribution in [1.29, 1.82) is 0 Å². The number of alkyl halides is 6. The molecular formula is C13H24Cl6N4O. The fourth-order valence-electron chi connectivity index (χ4n) is 2.23. The van der Waals surface area contributed by atoms with Gasteiger partial charge in [0.2, 0.25) is 7.59 Å². The summed E-state index contributed by atoms with van der Waals surface area (Å²) in [6.07, 6.45) is -1.66. The van der Waals surface area contributed by atoms with E-state index in [0.717, 1.165) is 0 Å². The number of nitrogens with zero attached hydrogens (tertiary/aromatic N) is 2. The maximum Gasteiger partial charge on any atom is 0.317 e. The quantitative estimate of drug-likeness (QED) is 0.414. The van der Waals surface area contributed by atoms with E-state index in [2.05, 4.69) is 10.6 Å². The smallest absolute Gasteiger partial charge is 0.317 e. The molecule has 0 aliphatic carbocycles. The molecule has 0 aromatic carbocycles. The first-order chi connectivity index (χ1) is 10.9. The van der Waals surface area contributed by atoms with Crippen LogP contribution < -0.4 is 10.6 Å². The second-order valence-electron chi connectivity index (χ2n) is 4.95. The minimum atomic E-state index is -1.71. The molecule has 11 heteroatoms. The molecule has 0 saturated carbocycles. The molecule has 0 radical (unpaired) electrons. The van der Waals surface area contributed by atoms with Crippen molar-refractivity contribution in [2.45, 2.75) is 47.6 Å². The van der Waals surface area contributed by atoms with Crippen molar-refractivity contribution in [3.8, 4) is 0 Å². The van der Waals surface area contributed by atoms with Crippen LogP contribution in [0.1, 0.15) is 27.7 Å². The van der Waals surface area contributed by atoms with Gasteiger partial charge in [0.15, 0.2) is 0 Å². The van der Waals surface area contributed by atoms with Crippen molar-refractivity contribution in [3.63, 3.8) is 0 Å². The molecule has 2 amide bonds. The maximum atomic E-state index is 12.4. The lowest BCUT2D eigenvalue weighted by atomic mass is 10.4. The molecule has 0 unspecified atom stereocenters. The third-order valence-corrected chi connectivity index (χ3v) is 4.75. The summed E-state index contributed by atoms with van der Waals surface area (Å²) in [6, 6.07) is -0.596. The van der Waals surface area contributed by atoms with E-state index in [9.17, 15) is 4.79 Å². The van der Waals surface area contributed by atoms with Crippen molar-refractivity contribution in [2.75, 3.05) is 26.2 Å². The molecule has 0 aliphatic rings. The van der Waals surface area contributed by atoms with Gasteiger partial charge >= 0.3 is 6.03 Å². The Hall–Kier alpha value is 0.930. The predicted octanol–water partition coefficient (Wildman–Crippen LogP) is 4.36. The van der Waals surface area contributed by atoms with Crippen LogP contribution >= 0.6 is 69.6 Å². The average Bonchev–Trinajstić information content (AvgIpc) is 2.45. The van der Waals surface area contributed by atoms with E-state index < -0.39 is 25.9 Å². The zero-order valence-corrected chi connectivity index (χ0v) is 18.6. The van der Waals surface area contributed by atoms with Crippen LogP contribution in [0.4, 0.5) is 4.79 Å². The molecule has 5 nitrogen and oxygen atoms in total. The van der Waals surface area contributed by atoms with Gasteiger partial charge in [-0.1, -0.05) is 97.3 Å². The third kappa shape index (κ3) is 8.09. The van der Waals surface area contributed by atoms with Crippen LogP contribution in [-0.4, -0.2) is 61.9 Å². The highest BCUT2D eigenvalue weighted by Crippen LogP contribution is 2.33. The number of halogens is 6. The standard InChI is InChI=1S/C13H24Cl6N4O/c1-5-22(6-2)9(12(14,15)16)20-11(24)21-10(13(17,18)19)23(7-3)8-4/h9-10H,5-8H2,1-4H3,(H2,20,21,24)/t9-,10-/m1/s1. The first-order valence-electron chi connectivity index (χ1n) is 7.60. The fourth-order valence-corrected chi connectivity index (χ4v) is 3.38. The average molecular weight is 465 g/mol. The van der Waals surface area contributed by atoms with Crippen LogP contribution in [0, 0.1) is 0 Å². The largest absolute Gasteiger partial charge is 0.318 e. The van der Waals surface area contributed by atoms with Gasteiger partial charge in [-0.15, -0.1) is 0 Å². The van der Waals surface area contributed by atoms with Crippen LogP contribution in [0.5, 0.6) is 0 Å². The highest BCUT2D eigenvalue weighted by atomic mass is 35.6. The molecule has 0 heterocycles. The molecule has 2 N–H and O–H groups in total. The molecule has 0 spiro atoms. The molecule has 0 bridgehead atoms. The Kier molecular flexibility index (Phi) is 11.4. The highest BCUT2D eigenvalue weighted by Gasteiger charge is 2.40. The predicted molar refractivity (Wildman–Crippen MR) is 106 cm³/mol. The topological polar surface area (TPSA) is 47.6 Å². The Balaban J connectivity index is 5.22. The number of hydrogen-bond acceptors (Lipinski definition) is 3. The van der Waals surface area contributed by atoms with Gasteiger partial charge in [-0.05, 0) is 26.2 Å². The maximum absolute atomic E-state index is 12.4. The third-order valence-electron chi connectivity index (χ3n) is 3.51. The molecule has 0 aromatic rings. The molecule has 2 atom stereocenters. The summed E-state index contributed by atoms with van der Waals surface area (Å²) in [5.41, 5.74) is 0. The number of rotatable bonds is 8. The molecule has 0 rings (SSSR count). The highest BCUT2D eigenvalue weighted by molar-refractivity contribution is 6.68. The Morgan fingerprint density at radius 2 is 1.00 bits per heavy atom. The Morgan fingerprint density at radius 3 is 1.17 bits per heavy atom. The molecule has 0 saturated heterocycles. The molecular weight excluding hydrogens is 441 g/mol. The molecule has 0 aromatic heterocycles. The van der Waals surface area contributed by atoms with Gasteiger partial charge < -0.3 is 10.6 Å². The van der Waals surface area contributed by atoms with Gasteiger partial charge in [-0.3, -0.25) is 9.80 Å². The second kappa shape index (κ2) is 10.9. The lowest BCUT2D eigenvalue weighted by Gasteiger charge is -2.38. The second-order valence-corrected chi connectivity index (χ2v) is 9.69. The first-order valence-corrected chi connectivity index (χ1v) is 9.87. The number of hydrogen-bond donors (Lipinski definition) is 2. The molecule has 24 heavy (non-hydrogen) atoms. The minimum Gasteiger partial charge on any atom is -0.318 e. The van der Waals surface area contributed by atoms with Gasteiger partial charge in [0.1, 0.15) is 12.3 Å². The van der Waals surface area contributed by atoms with Crippen LogP contribution in [-0.2, 0) is 0 Å². The van der Waals surface area contributed by atoms with Gasteiger partial charge in [-0.25, -0.2) is 4.79 Å². The van der Waals surface area contributed by atoms with Crippen molar-refractivity contribution >= 4 is 75.6 Å². The van der Waals surface area contributed by atoms with Crippen LogP contribution in [0.2, 0.25) is 0 Å². The van der Waals surface area contributed by atoms with E-state index in [-0.39, 0.29) is 0 Å². The number of amides is 2. The van der Waals surface area contributed by atoms with Gasteiger partial charge in [0.25, 0.3) is 0 Å². The van der Waals surface area contributed by atoms with Crippen molar-refractivity contribution in [2.24, 2.45) is 0 Å². The van der Waals surface area contributed by atoms with E-state index in [1.165, 1.54) is 0 Å². The van der Waals surface area contributed by atoms with E-state index in [0.29, 0.717) is 26.2 Å². The Morgan fingerprint density at radius 1 is 0.750 bits per heavy atom. The zero-order valence-electron chi connectivity index (χ0n) is 14.1. The Labute approximate surface area is 174 Å². The fraction of sp³-hybridized carbons (Fsp3) is 0.923. The van der Waals surface area contributed by atoms with Crippen molar-refractivity contribution in [3.05, 3.63) is 0 Å². The van der Waals surface area contributed by atoms with Crippen LogP contribution in [0.3, 0.4) is 0 Å². The van der Waals surface area contributed by atoms with E-state index in [1.54, 1.807) is 9.80 Å². The van der Waals surface area contributed by atoms with Gasteiger partial charge in [-0.2, -0.15) is 0 Å². The van der Waals surface area contributed by atoms with E-state index in [4.69, 9.17) is 69.6 Å². The van der Waals surface area contributed by atoms with E-state index in [1.807, 2.05) is 27.7 Å². The summed E-state index contributed by atoms with van der Waals surface area (Å²) in [5, 5.41) is 5.28. The van der Waals surface area contributed by atoms with Crippen molar-refractivity contribution < 1.29 is 4.79 Å².